The maximum absolute atomic E-state index is 11.4. The fraction of sp³-hybridized carbons (Fsp3) is 0. The third-order valence-electron chi connectivity index (χ3n) is 2.89. The van der Waals surface area contributed by atoms with Crippen LogP contribution in [0.4, 0.5) is 5.69 Å². The average molecular weight is 418 g/mol. The number of benzene rings is 2. The minimum absolute atomic E-state index is 0.0492. The van der Waals surface area contributed by atoms with Gasteiger partial charge in [-0.2, -0.15) is 16.8 Å². The van der Waals surface area contributed by atoms with E-state index in [1.165, 1.54) is 24.3 Å². The molecule has 2 rings (SSSR count). The Morgan fingerprint density at radius 3 is 1.85 bits per heavy atom. The molecule has 0 bridgehead atoms. The summed E-state index contributed by atoms with van der Waals surface area (Å²) in [5.74, 6) is -1.93. The lowest BCUT2D eigenvalue weighted by Gasteiger charge is -2.11. The predicted octanol–water partition coefficient (Wildman–Crippen LogP) is 0.0279. The highest BCUT2D eigenvalue weighted by Crippen LogP contribution is 2.34. The summed E-state index contributed by atoms with van der Waals surface area (Å²) in [5, 5.41) is 8.14. The van der Waals surface area contributed by atoms with Crippen LogP contribution in [0.25, 0.3) is 10.8 Å². The fourth-order valence-electron chi connectivity index (χ4n) is 1.99. The van der Waals surface area contributed by atoms with E-state index in [0.29, 0.717) is 11.5 Å². The van der Waals surface area contributed by atoms with E-state index in [4.69, 9.17) is 15.4 Å². The minimum Gasteiger partial charge on any atom is -0.478 e. The van der Waals surface area contributed by atoms with Crippen LogP contribution in [0.2, 0.25) is 0 Å². The van der Waals surface area contributed by atoms with Crippen molar-refractivity contribution in [3.05, 3.63) is 42.5 Å². The maximum atomic E-state index is 11.4. The number of carbonyl (C=O) groups is 2. The smallest absolute Gasteiger partial charge is 0.328 e. The molecule has 0 radical (unpaired) electrons. The lowest BCUT2D eigenvalue weighted by Crippen LogP contribution is -2.12. The Bertz CT molecular complexity index is 1120. The summed E-state index contributed by atoms with van der Waals surface area (Å²) >= 11 is 0. The van der Waals surface area contributed by atoms with E-state index in [9.17, 15) is 31.0 Å². The number of anilines is 1. The molecule has 0 atom stereocenters. The van der Waals surface area contributed by atoms with E-state index in [1.54, 1.807) is 6.07 Å². The summed E-state index contributed by atoms with van der Waals surface area (Å²) in [6, 6.07) is 7.04. The number of fused-ring (bicyclic) bond motifs is 1. The first-order valence-electron chi connectivity index (χ1n) is 6.71. The molecule has 13 heteroatoms. The molecule has 0 unspecified atom stereocenters. The van der Waals surface area contributed by atoms with Crippen LogP contribution in [-0.2, 0) is 29.8 Å². The van der Waals surface area contributed by atoms with Gasteiger partial charge in [0.25, 0.3) is 20.2 Å². The summed E-state index contributed by atoms with van der Waals surface area (Å²) in [6.07, 6.45) is 1.46. The molecule has 0 saturated carbocycles. The van der Waals surface area contributed by atoms with Gasteiger partial charge in [-0.05, 0) is 11.5 Å². The average Bonchev–Trinajstić information content (AvgIpc) is 2.50. The zero-order chi connectivity index (χ0) is 21.0. The SMILES string of the molecule is NC(=O)/C=C\C(=O)O.Nc1cc2ccccc2c(S(=O)(=O)O)c1S(=O)(=O)O. The molecule has 0 heterocycles. The number of hydrogen-bond acceptors (Lipinski definition) is 7. The quantitative estimate of drug-likeness (QED) is 0.255. The second-order valence-electron chi connectivity index (χ2n) is 4.87. The maximum Gasteiger partial charge on any atom is 0.328 e. The van der Waals surface area contributed by atoms with Crippen molar-refractivity contribution in [1.82, 2.24) is 0 Å². The van der Waals surface area contributed by atoms with E-state index in [-0.39, 0.29) is 5.39 Å². The molecule has 0 aromatic heterocycles. The van der Waals surface area contributed by atoms with Crippen molar-refractivity contribution in [2.75, 3.05) is 5.73 Å². The second-order valence-corrected chi connectivity index (χ2v) is 7.59. The van der Waals surface area contributed by atoms with Crippen LogP contribution in [0.5, 0.6) is 0 Å². The Balaban J connectivity index is 0.000000387. The Morgan fingerprint density at radius 2 is 1.44 bits per heavy atom. The topological polar surface area (TPSA) is 215 Å². The van der Waals surface area contributed by atoms with Crippen LogP contribution in [0.3, 0.4) is 0 Å². The number of aliphatic carboxylic acids is 1. The van der Waals surface area contributed by atoms with Gasteiger partial charge in [0.05, 0.1) is 5.69 Å². The van der Waals surface area contributed by atoms with E-state index in [2.05, 4.69) is 5.73 Å². The Labute approximate surface area is 153 Å². The summed E-state index contributed by atoms with van der Waals surface area (Å²) in [6.45, 7) is 0. The Morgan fingerprint density at radius 1 is 0.926 bits per heavy atom. The molecule has 0 aliphatic heterocycles. The number of nitrogen functional groups attached to an aromatic ring is 1. The number of nitrogens with two attached hydrogens (primary N) is 2. The molecular formula is C14H14N2O9S2. The summed E-state index contributed by atoms with van der Waals surface area (Å²) in [4.78, 5) is 17.4. The molecule has 11 nitrogen and oxygen atoms in total. The van der Waals surface area contributed by atoms with E-state index in [1.807, 2.05) is 0 Å². The number of rotatable bonds is 4. The van der Waals surface area contributed by atoms with Crippen LogP contribution in [0.15, 0.2) is 52.3 Å². The highest BCUT2D eigenvalue weighted by Gasteiger charge is 2.29. The first kappa shape index (κ1) is 22.0. The van der Waals surface area contributed by atoms with E-state index >= 15 is 0 Å². The van der Waals surface area contributed by atoms with Crippen LogP contribution < -0.4 is 11.5 Å². The zero-order valence-electron chi connectivity index (χ0n) is 13.3. The molecule has 1 amide bonds. The molecule has 0 aliphatic rings. The first-order chi connectivity index (χ1) is 12.2. The normalized spacial score (nSPS) is 11.8. The number of carboxylic acids is 1. The Hall–Kier alpha value is -3.00. The number of hydrogen-bond donors (Lipinski definition) is 5. The number of carbonyl (C=O) groups excluding carboxylic acids is 1. The lowest BCUT2D eigenvalue weighted by atomic mass is 10.1. The zero-order valence-corrected chi connectivity index (χ0v) is 14.9. The Kier molecular flexibility index (Phi) is 6.64. The van der Waals surface area contributed by atoms with Crippen LogP contribution in [-0.4, -0.2) is 42.9 Å². The standard InChI is InChI=1S/C10H9NO6S2.C4H5NO3/c11-8-5-6-3-1-2-4-7(6)9(18(12,13)14)10(8)19(15,16)17;5-3(6)1-2-4(7)8/h1-5H,11H2,(H,12,13,14)(H,15,16,17);1-2H,(H2,5,6)(H,7,8)/b;2-1-. The molecule has 7 N–H and O–H groups in total. The minimum atomic E-state index is -4.90. The molecule has 2 aromatic rings. The van der Waals surface area contributed by atoms with Crippen molar-refractivity contribution in [2.24, 2.45) is 5.73 Å². The van der Waals surface area contributed by atoms with Crippen LogP contribution >= 0.6 is 0 Å². The molecule has 0 saturated heterocycles. The van der Waals surface area contributed by atoms with Gasteiger partial charge in [-0.1, -0.05) is 24.3 Å². The first-order valence-corrected chi connectivity index (χ1v) is 9.59. The van der Waals surface area contributed by atoms with Crippen molar-refractivity contribution in [3.8, 4) is 0 Å². The molecule has 27 heavy (non-hydrogen) atoms. The van der Waals surface area contributed by atoms with Gasteiger partial charge < -0.3 is 16.6 Å². The van der Waals surface area contributed by atoms with Crippen LogP contribution in [0, 0.1) is 0 Å². The highest BCUT2D eigenvalue weighted by molar-refractivity contribution is 7.89. The largest absolute Gasteiger partial charge is 0.478 e. The van der Waals surface area contributed by atoms with Gasteiger partial charge in [0, 0.05) is 17.5 Å². The van der Waals surface area contributed by atoms with Crippen molar-refractivity contribution < 1.29 is 40.6 Å². The van der Waals surface area contributed by atoms with Crippen molar-refractivity contribution in [1.29, 1.82) is 0 Å². The van der Waals surface area contributed by atoms with Gasteiger partial charge >= 0.3 is 5.97 Å². The van der Waals surface area contributed by atoms with Gasteiger partial charge in [0.2, 0.25) is 5.91 Å². The lowest BCUT2D eigenvalue weighted by molar-refractivity contribution is -0.131. The number of carboxylic acid groups (broad SMARTS) is 1. The molecular weight excluding hydrogens is 404 g/mol. The summed E-state index contributed by atoms with van der Waals surface area (Å²) < 4.78 is 63.6. The van der Waals surface area contributed by atoms with Crippen LogP contribution in [0.1, 0.15) is 0 Å². The van der Waals surface area contributed by atoms with Crippen molar-refractivity contribution in [3.63, 3.8) is 0 Å². The highest BCUT2D eigenvalue weighted by atomic mass is 32.2. The summed E-state index contributed by atoms with van der Waals surface area (Å²) in [7, 11) is -9.79. The molecule has 2 aromatic carbocycles. The molecule has 0 spiro atoms. The third kappa shape index (κ3) is 6.03. The van der Waals surface area contributed by atoms with E-state index < -0.39 is 47.6 Å². The fourth-order valence-corrected chi connectivity index (χ4v) is 4.14. The third-order valence-corrected chi connectivity index (χ3v) is 4.92. The monoisotopic (exact) mass is 418 g/mol. The van der Waals surface area contributed by atoms with Gasteiger partial charge in [0.15, 0.2) is 0 Å². The number of amides is 1. The van der Waals surface area contributed by atoms with Gasteiger partial charge in [-0.3, -0.25) is 13.9 Å². The predicted molar refractivity (Wildman–Crippen MR) is 94.0 cm³/mol. The molecule has 146 valence electrons. The molecule has 0 fully saturated rings. The second kappa shape index (κ2) is 8.13. The molecule has 0 aliphatic carbocycles. The van der Waals surface area contributed by atoms with Gasteiger partial charge in [-0.25, -0.2) is 4.79 Å². The van der Waals surface area contributed by atoms with Gasteiger partial charge in [-0.15, -0.1) is 0 Å². The number of primary amides is 1. The summed E-state index contributed by atoms with van der Waals surface area (Å²) in [5.41, 5.74) is 9.54. The van der Waals surface area contributed by atoms with Crippen molar-refractivity contribution in [2.45, 2.75) is 9.79 Å². The van der Waals surface area contributed by atoms with Gasteiger partial charge in [0.1, 0.15) is 9.79 Å². The van der Waals surface area contributed by atoms with E-state index in [0.717, 1.165) is 6.08 Å². The van der Waals surface area contributed by atoms with Crippen molar-refractivity contribution >= 4 is 48.6 Å².